The summed E-state index contributed by atoms with van der Waals surface area (Å²) in [7, 11) is 1.21. The van der Waals surface area contributed by atoms with Crippen LogP contribution in [0.2, 0.25) is 5.02 Å². The van der Waals surface area contributed by atoms with E-state index in [2.05, 4.69) is 0 Å². The maximum atomic E-state index is 12.6. The summed E-state index contributed by atoms with van der Waals surface area (Å²) in [6.07, 6.45) is 1.30. The van der Waals surface area contributed by atoms with E-state index in [4.69, 9.17) is 16.3 Å². The van der Waals surface area contributed by atoms with Gasteiger partial charge in [-0.25, -0.2) is 4.90 Å². The molecule has 3 rings (SSSR count). The number of carbonyl (C=O) groups is 2. The molecule has 0 aliphatic carbocycles. The molecular weight excluding hydrogens is 396 g/mol. The summed E-state index contributed by atoms with van der Waals surface area (Å²) >= 11 is 6.50. The Morgan fingerprint density at radius 2 is 1.89 bits per heavy atom. The van der Waals surface area contributed by atoms with Crippen LogP contribution in [0, 0.1) is 10.1 Å². The number of nitrogens with zero attached hydrogens (tertiary/aromatic N) is 2. The van der Waals surface area contributed by atoms with Gasteiger partial charge in [-0.3, -0.25) is 19.7 Å². The highest BCUT2D eigenvalue weighted by atomic mass is 35.5. The van der Waals surface area contributed by atoms with E-state index >= 15 is 0 Å². The van der Waals surface area contributed by atoms with Gasteiger partial charge in [0.05, 0.1) is 22.6 Å². The molecule has 0 saturated carbocycles. The Morgan fingerprint density at radius 3 is 2.48 bits per heavy atom. The molecule has 0 atom stereocenters. The SMILES string of the molecule is COc1cc(/C=C2/SC(=O)N(c3ccc(Cl)cc3)C2=O)cc([N+](=O)[O-])c1[O-]. The zero-order valence-corrected chi connectivity index (χ0v) is 15.2. The lowest BCUT2D eigenvalue weighted by molar-refractivity contribution is -0.398. The van der Waals surface area contributed by atoms with E-state index < -0.39 is 27.5 Å². The maximum Gasteiger partial charge on any atom is 0.298 e. The first-order valence-corrected chi connectivity index (χ1v) is 8.58. The second kappa shape index (κ2) is 7.29. The molecule has 0 spiro atoms. The number of carbonyl (C=O) groups excluding carboxylic acids is 2. The lowest BCUT2D eigenvalue weighted by Crippen LogP contribution is -2.27. The van der Waals surface area contributed by atoms with Crippen molar-refractivity contribution in [3.05, 3.63) is 62.0 Å². The van der Waals surface area contributed by atoms with Gasteiger partial charge in [0.15, 0.2) is 0 Å². The van der Waals surface area contributed by atoms with Crippen LogP contribution < -0.4 is 14.7 Å². The number of hydrogen-bond donors (Lipinski definition) is 0. The molecule has 2 aromatic rings. The van der Waals surface area contributed by atoms with Crippen LogP contribution in [0.1, 0.15) is 5.56 Å². The Hall–Kier alpha value is -3.04. The summed E-state index contributed by atoms with van der Waals surface area (Å²) < 4.78 is 4.86. The quantitative estimate of drug-likeness (QED) is 0.434. The number of halogens is 1. The van der Waals surface area contributed by atoms with Gasteiger partial charge in [0.2, 0.25) is 0 Å². The molecular formula is C17H10ClN2O6S-. The molecule has 0 unspecified atom stereocenters. The monoisotopic (exact) mass is 405 g/mol. The number of imide groups is 1. The van der Waals surface area contributed by atoms with E-state index in [0.717, 1.165) is 11.0 Å². The third-order valence-corrected chi connectivity index (χ3v) is 4.77. The van der Waals surface area contributed by atoms with Crippen LogP contribution in [0.25, 0.3) is 6.08 Å². The van der Waals surface area contributed by atoms with E-state index in [9.17, 15) is 24.8 Å². The second-order valence-corrected chi connectivity index (χ2v) is 6.75. The average molecular weight is 406 g/mol. The minimum Gasteiger partial charge on any atom is -0.865 e. The zero-order chi connectivity index (χ0) is 19.7. The first-order chi connectivity index (χ1) is 12.8. The molecule has 2 amide bonds. The number of anilines is 1. The summed E-state index contributed by atoms with van der Waals surface area (Å²) in [6.45, 7) is 0. The van der Waals surface area contributed by atoms with Gasteiger partial charge in [0, 0.05) is 16.8 Å². The number of hydrogen-bond acceptors (Lipinski definition) is 7. The molecule has 2 aromatic carbocycles. The van der Waals surface area contributed by atoms with Crippen molar-refractivity contribution in [2.75, 3.05) is 12.0 Å². The summed E-state index contributed by atoms with van der Waals surface area (Å²) in [5.41, 5.74) is -0.138. The van der Waals surface area contributed by atoms with E-state index in [0.29, 0.717) is 22.5 Å². The Kier molecular flexibility index (Phi) is 5.06. The standard InChI is InChI=1S/C17H11ClN2O6S/c1-26-13-7-9(6-12(15(13)21)20(24)25)8-14-16(22)19(17(23)27-14)11-4-2-10(18)3-5-11/h2-8,21H,1H3/p-1/b14-8+. The minimum absolute atomic E-state index is 0.0601. The molecule has 8 nitrogen and oxygen atoms in total. The zero-order valence-electron chi connectivity index (χ0n) is 13.7. The van der Waals surface area contributed by atoms with Crippen LogP contribution in [-0.2, 0) is 4.79 Å². The molecule has 0 aromatic heterocycles. The second-order valence-electron chi connectivity index (χ2n) is 5.32. The molecule has 1 aliphatic heterocycles. The number of nitro groups is 1. The predicted molar refractivity (Wildman–Crippen MR) is 99.0 cm³/mol. The molecule has 1 aliphatic rings. The van der Waals surface area contributed by atoms with Crippen LogP contribution in [0.3, 0.4) is 0 Å². The van der Waals surface area contributed by atoms with Crippen molar-refractivity contribution in [2.24, 2.45) is 0 Å². The number of methoxy groups -OCH3 is 1. The van der Waals surface area contributed by atoms with Crippen LogP contribution >= 0.6 is 23.4 Å². The van der Waals surface area contributed by atoms with Gasteiger partial charge >= 0.3 is 0 Å². The number of nitro benzene ring substituents is 1. The fraction of sp³-hybridized carbons (Fsp3) is 0.0588. The van der Waals surface area contributed by atoms with Crippen molar-refractivity contribution in [2.45, 2.75) is 0 Å². The van der Waals surface area contributed by atoms with Crippen molar-refractivity contribution >= 4 is 52.0 Å². The molecule has 27 heavy (non-hydrogen) atoms. The van der Waals surface area contributed by atoms with Gasteiger partial charge in [0.1, 0.15) is 5.75 Å². The Balaban J connectivity index is 2.00. The lowest BCUT2D eigenvalue weighted by atomic mass is 10.1. The van der Waals surface area contributed by atoms with Gasteiger partial charge in [-0.1, -0.05) is 11.6 Å². The first-order valence-electron chi connectivity index (χ1n) is 7.38. The molecule has 0 bridgehead atoms. The van der Waals surface area contributed by atoms with Crippen LogP contribution in [0.4, 0.5) is 16.2 Å². The largest absolute Gasteiger partial charge is 0.865 e. The van der Waals surface area contributed by atoms with Crippen molar-refractivity contribution in [1.82, 2.24) is 0 Å². The predicted octanol–water partition coefficient (Wildman–Crippen LogP) is 3.57. The van der Waals surface area contributed by atoms with Gasteiger partial charge in [0.25, 0.3) is 16.8 Å². The minimum atomic E-state index is -0.867. The van der Waals surface area contributed by atoms with Gasteiger partial charge in [-0.2, -0.15) is 0 Å². The third kappa shape index (κ3) is 3.60. The Labute approximate surface area is 162 Å². The molecule has 1 fully saturated rings. The highest BCUT2D eigenvalue weighted by molar-refractivity contribution is 8.19. The van der Waals surface area contributed by atoms with Crippen LogP contribution in [0.15, 0.2) is 41.3 Å². The summed E-state index contributed by atoms with van der Waals surface area (Å²) in [4.78, 5) is 36.1. The molecule has 1 heterocycles. The number of rotatable bonds is 4. The lowest BCUT2D eigenvalue weighted by Gasteiger charge is -2.13. The van der Waals surface area contributed by atoms with Crippen LogP contribution in [0.5, 0.6) is 11.5 Å². The van der Waals surface area contributed by atoms with E-state index in [-0.39, 0.29) is 16.2 Å². The maximum absolute atomic E-state index is 12.6. The van der Waals surface area contributed by atoms with Gasteiger partial charge in [-0.05, 0) is 53.7 Å². The highest BCUT2D eigenvalue weighted by Crippen LogP contribution is 2.39. The molecule has 0 radical (unpaired) electrons. The topological polar surface area (TPSA) is 113 Å². The Morgan fingerprint density at radius 1 is 1.22 bits per heavy atom. The molecule has 0 N–H and O–H groups in total. The smallest absolute Gasteiger partial charge is 0.298 e. The summed E-state index contributed by atoms with van der Waals surface area (Å²) in [5.74, 6) is -1.68. The first kappa shape index (κ1) is 18.7. The van der Waals surface area contributed by atoms with E-state index in [1.165, 1.54) is 31.4 Å². The fourth-order valence-corrected chi connectivity index (χ4v) is 3.38. The van der Waals surface area contributed by atoms with Crippen molar-refractivity contribution in [1.29, 1.82) is 0 Å². The average Bonchev–Trinajstić information content (AvgIpc) is 2.90. The van der Waals surface area contributed by atoms with Gasteiger partial charge < -0.3 is 9.84 Å². The number of thioether (sulfide) groups is 1. The van der Waals surface area contributed by atoms with E-state index in [1.807, 2.05) is 0 Å². The number of amides is 2. The summed E-state index contributed by atoms with van der Waals surface area (Å²) in [6, 6.07) is 8.45. The number of benzene rings is 2. The van der Waals surface area contributed by atoms with Crippen LogP contribution in [-0.4, -0.2) is 23.2 Å². The van der Waals surface area contributed by atoms with Crippen molar-refractivity contribution < 1.29 is 24.4 Å². The van der Waals surface area contributed by atoms with Crippen molar-refractivity contribution in [3.63, 3.8) is 0 Å². The van der Waals surface area contributed by atoms with Gasteiger partial charge in [-0.15, -0.1) is 0 Å². The normalized spacial score (nSPS) is 15.5. The number of ether oxygens (including phenoxy) is 1. The van der Waals surface area contributed by atoms with E-state index in [1.54, 1.807) is 12.1 Å². The van der Waals surface area contributed by atoms with Crippen molar-refractivity contribution in [3.8, 4) is 11.5 Å². The molecule has 10 heteroatoms. The fourth-order valence-electron chi connectivity index (χ4n) is 2.41. The highest BCUT2D eigenvalue weighted by Gasteiger charge is 2.36. The Bertz CT molecular complexity index is 990. The molecule has 1 saturated heterocycles. The summed E-state index contributed by atoms with van der Waals surface area (Å²) in [5, 5.41) is 22.9. The third-order valence-electron chi connectivity index (χ3n) is 3.65. The molecule has 138 valence electrons.